The first-order chi connectivity index (χ1) is 10.4. The zero-order chi connectivity index (χ0) is 15.4. The second-order valence-corrected chi connectivity index (χ2v) is 6.46. The maximum atomic E-state index is 3.66. The quantitative estimate of drug-likeness (QED) is 0.269. The van der Waals surface area contributed by atoms with Crippen molar-refractivity contribution in [3.8, 4) is 0 Å². The van der Waals surface area contributed by atoms with Crippen molar-refractivity contribution in [3.05, 3.63) is 12.8 Å². The topological polar surface area (TPSA) is 12.0 Å². The van der Waals surface area contributed by atoms with Gasteiger partial charge in [-0.05, 0) is 12.6 Å². The minimum Gasteiger partial charge on any atom is -0.391 e. The Labute approximate surface area is 135 Å². The molecule has 0 spiro atoms. The molecule has 0 saturated carbocycles. The van der Waals surface area contributed by atoms with E-state index in [4.69, 9.17) is 0 Å². The summed E-state index contributed by atoms with van der Waals surface area (Å²) in [4.78, 5) is 0. The van der Waals surface area contributed by atoms with Gasteiger partial charge >= 0.3 is 0 Å². The molecule has 21 heavy (non-hydrogen) atoms. The molecule has 0 atom stereocenters. The van der Waals surface area contributed by atoms with Crippen molar-refractivity contribution in [2.24, 2.45) is 0 Å². The molecule has 126 valence electrons. The highest BCUT2D eigenvalue weighted by atomic mass is 14.8. The lowest BCUT2D eigenvalue weighted by atomic mass is 10.0. The van der Waals surface area contributed by atoms with Crippen LogP contribution in [0.5, 0.6) is 0 Å². The molecule has 0 aromatic heterocycles. The van der Waals surface area contributed by atoms with Crippen LogP contribution in [0.4, 0.5) is 0 Å². The number of unbranched alkanes of at least 4 members (excludes halogenated alkanes) is 15. The van der Waals surface area contributed by atoms with E-state index < -0.39 is 0 Å². The fourth-order valence-electron chi connectivity index (χ4n) is 2.88. The fourth-order valence-corrected chi connectivity index (χ4v) is 2.88. The van der Waals surface area contributed by atoms with Crippen molar-refractivity contribution in [1.82, 2.24) is 5.32 Å². The molecular formula is C20H41N. The average Bonchev–Trinajstić information content (AvgIpc) is 2.50. The van der Waals surface area contributed by atoms with Crippen LogP contribution >= 0.6 is 0 Å². The Kier molecular flexibility index (Phi) is 19.1. The lowest BCUT2D eigenvalue weighted by Crippen LogP contribution is -2.05. The Morgan fingerprint density at radius 3 is 1.24 bits per heavy atom. The summed E-state index contributed by atoms with van der Waals surface area (Å²) in [5, 5.41) is 3.16. The zero-order valence-electron chi connectivity index (χ0n) is 14.8. The molecule has 0 fully saturated rings. The summed E-state index contributed by atoms with van der Waals surface area (Å²) >= 11 is 0. The maximum Gasteiger partial charge on any atom is 0.0141 e. The van der Waals surface area contributed by atoms with E-state index in [2.05, 4.69) is 18.8 Å². The molecule has 0 saturated heterocycles. The molecule has 0 rings (SSSR count). The molecule has 1 heteroatoms. The monoisotopic (exact) mass is 295 g/mol. The highest BCUT2D eigenvalue weighted by Gasteiger charge is 1.94. The van der Waals surface area contributed by atoms with Crippen LogP contribution in [0.15, 0.2) is 12.8 Å². The van der Waals surface area contributed by atoms with Crippen molar-refractivity contribution >= 4 is 0 Å². The summed E-state index contributed by atoms with van der Waals surface area (Å²) in [6, 6.07) is 0. The third-order valence-electron chi connectivity index (χ3n) is 4.32. The van der Waals surface area contributed by atoms with Crippen LogP contribution in [0.2, 0.25) is 0 Å². The Morgan fingerprint density at radius 2 is 0.905 bits per heavy atom. The molecule has 0 unspecified atom stereocenters. The Morgan fingerprint density at radius 1 is 0.571 bits per heavy atom. The van der Waals surface area contributed by atoms with Crippen LogP contribution in [-0.4, -0.2) is 6.54 Å². The molecular weight excluding hydrogens is 254 g/mol. The SMILES string of the molecule is C=CNCCCCCCCCCCCCCCCCCC. The van der Waals surface area contributed by atoms with Gasteiger partial charge in [-0.25, -0.2) is 0 Å². The molecule has 0 bridgehead atoms. The highest BCUT2D eigenvalue weighted by molar-refractivity contribution is 4.62. The Balaban J connectivity index is 2.91. The molecule has 0 amide bonds. The van der Waals surface area contributed by atoms with Crippen molar-refractivity contribution < 1.29 is 0 Å². The summed E-state index contributed by atoms with van der Waals surface area (Å²) < 4.78 is 0. The van der Waals surface area contributed by atoms with Gasteiger partial charge in [-0.1, -0.05) is 110 Å². The third kappa shape index (κ3) is 19.5. The first-order valence-corrected chi connectivity index (χ1v) is 9.76. The molecule has 0 aliphatic carbocycles. The molecule has 0 aromatic rings. The van der Waals surface area contributed by atoms with Gasteiger partial charge in [0.05, 0.1) is 0 Å². The molecule has 0 radical (unpaired) electrons. The largest absolute Gasteiger partial charge is 0.391 e. The van der Waals surface area contributed by atoms with Crippen molar-refractivity contribution in [1.29, 1.82) is 0 Å². The van der Waals surface area contributed by atoms with Gasteiger partial charge < -0.3 is 5.32 Å². The van der Waals surface area contributed by atoms with Crippen LogP contribution < -0.4 is 5.32 Å². The summed E-state index contributed by atoms with van der Waals surface area (Å²) in [6.07, 6.45) is 24.8. The van der Waals surface area contributed by atoms with Gasteiger partial charge in [-0.3, -0.25) is 0 Å². The predicted molar refractivity (Wildman–Crippen MR) is 97.7 cm³/mol. The van der Waals surface area contributed by atoms with Gasteiger partial charge in [0.25, 0.3) is 0 Å². The Hall–Kier alpha value is -0.460. The highest BCUT2D eigenvalue weighted by Crippen LogP contribution is 2.13. The molecule has 0 aromatic carbocycles. The lowest BCUT2D eigenvalue weighted by molar-refractivity contribution is 0.528. The van der Waals surface area contributed by atoms with E-state index in [1.165, 1.54) is 103 Å². The van der Waals surface area contributed by atoms with Crippen LogP contribution in [-0.2, 0) is 0 Å². The minimum absolute atomic E-state index is 1.10. The minimum atomic E-state index is 1.10. The van der Waals surface area contributed by atoms with Gasteiger partial charge in [-0.15, -0.1) is 0 Å². The van der Waals surface area contributed by atoms with E-state index in [0.717, 1.165) is 6.54 Å². The summed E-state index contributed by atoms with van der Waals surface area (Å²) in [7, 11) is 0. The molecule has 0 aliphatic rings. The van der Waals surface area contributed by atoms with Crippen LogP contribution in [0.3, 0.4) is 0 Å². The molecule has 0 aliphatic heterocycles. The first kappa shape index (κ1) is 20.5. The normalized spacial score (nSPS) is 10.7. The van der Waals surface area contributed by atoms with Gasteiger partial charge in [-0.2, -0.15) is 0 Å². The summed E-state index contributed by atoms with van der Waals surface area (Å²) in [6.45, 7) is 7.05. The average molecular weight is 296 g/mol. The molecule has 0 heterocycles. The lowest BCUT2D eigenvalue weighted by Gasteiger charge is -2.03. The van der Waals surface area contributed by atoms with E-state index in [1.54, 1.807) is 6.20 Å². The smallest absolute Gasteiger partial charge is 0.0141 e. The third-order valence-corrected chi connectivity index (χ3v) is 4.32. The van der Waals surface area contributed by atoms with Crippen LogP contribution in [0, 0.1) is 0 Å². The summed E-state index contributed by atoms with van der Waals surface area (Å²) in [5.74, 6) is 0. The Bertz CT molecular complexity index is 188. The van der Waals surface area contributed by atoms with Crippen molar-refractivity contribution in [3.63, 3.8) is 0 Å². The molecule has 1 nitrogen and oxygen atoms in total. The first-order valence-electron chi connectivity index (χ1n) is 9.76. The second kappa shape index (κ2) is 19.5. The maximum absolute atomic E-state index is 3.66. The van der Waals surface area contributed by atoms with Gasteiger partial charge in [0, 0.05) is 6.54 Å². The standard InChI is InChI=1S/C20H41N/c1-3-5-6-7-8-9-10-11-12-13-14-15-16-17-18-19-20-21-4-2/h4,21H,2-3,5-20H2,1H3. The number of hydrogen-bond donors (Lipinski definition) is 1. The van der Waals surface area contributed by atoms with E-state index in [1.807, 2.05) is 0 Å². The van der Waals surface area contributed by atoms with Crippen molar-refractivity contribution in [2.75, 3.05) is 6.54 Å². The molecule has 1 N–H and O–H groups in total. The number of hydrogen-bond acceptors (Lipinski definition) is 1. The van der Waals surface area contributed by atoms with Gasteiger partial charge in [0.2, 0.25) is 0 Å². The zero-order valence-corrected chi connectivity index (χ0v) is 14.8. The van der Waals surface area contributed by atoms with E-state index >= 15 is 0 Å². The van der Waals surface area contributed by atoms with E-state index in [-0.39, 0.29) is 0 Å². The van der Waals surface area contributed by atoms with Crippen LogP contribution in [0.25, 0.3) is 0 Å². The van der Waals surface area contributed by atoms with Crippen LogP contribution in [0.1, 0.15) is 110 Å². The van der Waals surface area contributed by atoms with Gasteiger partial charge in [0.1, 0.15) is 0 Å². The van der Waals surface area contributed by atoms with Crippen molar-refractivity contribution in [2.45, 2.75) is 110 Å². The predicted octanol–water partition coefficient (Wildman–Crippen LogP) is 6.98. The fraction of sp³-hybridized carbons (Fsp3) is 0.900. The second-order valence-electron chi connectivity index (χ2n) is 6.46. The van der Waals surface area contributed by atoms with Gasteiger partial charge in [0.15, 0.2) is 0 Å². The van der Waals surface area contributed by atoms with E-state index in [0.29, 0.717) is 0 Å². The number of nitrogens with one attached hydrogen (secondary N) is 1. The number of rotatable bonds is 18. The van der Waals surface area contributed by atoms with E-state index in [9.17, 15) is 0 Å². The summed E-state index contributed by atoms with van der Waals surface area (Å²) in [5.41, 5.74) is 0.